The summed E-state index contributed by atoms with van der Waals surface area (Å²) in [7, 11) is 1.47. The number of carboxylic acid groups (broad SMARTS) is 1. The third-order valence-electron chi connectivity index (χ3n) is 5.87. The summed E-state index contributed by atoms with van der Waals surface area (Å²) < 4.78 is 16.4. The number of carbonyl (C=O) groups is 4. The van der Waals surface area contributed by atoms with Crippen molar-refractivity contribution in [1.29, 1.82) is 0 Å². The van der Waals surface area contributed by atoms with Gasteiger partial charge in [0, 0.05) is 24.1 Å². The van der Waals surface area contributed by atoms with Crippen LogP contribution in [-0.4, -0.2) is 36.0 Å². The Morgan fingerprint density at radius 1 is 1.14 bits per heavy atom. The van der Waals surface area contributed by atoms with Gasteiger partial charge in [0.15, 0.2) is 5.75 Å². The number of amides is 1. The minimum Gasteiger partial charge on any atom is -0.496 e. The molecule has 9 nitrogen and oxygen atoms in total. The number of carbonyl (C=O) groups excluding carboxylic acids is 3. The first-order chi connectivity index (χ1) is 17.2. The molecule has 0 saturated heterocycles. The second-order valence-corrected chi connectivity index (χ2v) is 8.46. The van der Waals surface area contributed by atoms with Gasteiger partial charge in [0.05, 0.1) is 7.11 Å². The highest BCUT2D eigenvalue weighted by Crippen LogP contribution is 2.43. The van der Waals surface area contributed by atoms with Crippen LogP contribution in [0.5, 0.6) is 11.5 Å². The number of methoxy groups -OCH3 is 1. The predicted octanol–water partition coefficient (Wildman–Crippen LogP) is 3.64. The molecule has 0 unspecified atom stereocenters. The fraction of sp³-hybridized carbons (Fsp3) is 0.333. The predicted molar refractivity (Wildman–Crippen MR) is 130 cm³/mol. The molecule has 0 radical (unpaired) electrons. The molecular weight excluding hydrogens is 466 g/mol. The molecule has 2 aromatic carbocycles. The van der Waals surface area contributed by atoms with Crippen molar-refractivity contribution >= 4 is 23.8 Å². The quantitative estimate of drug-likeness (QED) is 0.209. The molecule has 9 heteroatoms. The maximum absolute atomic E-state index is 12.7. The summed E-state index contributed by atoms with van der Waals surface area (Å²) in [5, 5.41) is 11.6. The SMILES string of the molecule is COc1c(C)c2c(c(OC(=O)CC(=O)NCc3ccccc3)c1C/C=C(\C)CCC(=O)O)C(=O)OC2. The molecule has 1 heterocycles. The summed E-state index contributed by atoms with van der Waals surface area (Å²) in [5.74, 6) is -2.45. The van der Waals surface area contributed by atoms with Crippen molar-refractivity contribution in [2.24, 2.45) is 0 Å². The van der Waals surface area contributed by atoms with Gasteiger partial charge in [0.25, 0.3) is 0 Å². The number of ether oxygens (including phenoxy) is 3. The van der Waals surface area contributed by atoms with E-state index in [4.69, 9.17) is 19.3 Å². The fourth-order valence-electron chi connectivity index (χ4n) is 3.94. The number of fused-ring (bicyclic) bond motifs is 1. The number of hydrogen-bond donors (Lipinski definition) is 2. The van der Waals surface area contributed by atoms with Crippen LogP contribution in [0.1, 0.15) is 58.8 Å². The molecule has 1 aliphatic heterocycles. The number of rotatable bonds is 11. The van der Waals surface area contributed by atoms with Gasteiger partial charge in [-0.3, -0.25) is 14.4 Å². The Morgan fingerprint density at radius 2 is 1.86 bits per heavy atom. The number of hydrogen-bond acceptors (Lipinski definition) is 7. The highest BCUT2D eigenvalue weighted by atomic mass is 16.6. The molecule has 36 heavy (non-hydrogen) atoms. The van der Waals surface area contributed by atoms with Crippen LogP contribution in [0, 0.1) is 6.92 Å². The van der Waals surface area contributed by atoms with Gasteiger partial charge in [-0.15, -0.1) is 0 Å². The Morgan fingerprint density at radius 3 is 2.53 bits per heavy atom. The van der Waals surface area contributed by atoms with Gasteiger partial charge in [-0.1, -0.05) is 42.0 Å². The smallest absolute Gasteiger partial charge is 0.342 e. The lowest BCUT2D eigenvalue weighted by atomic mass is 9.94. The average molecular weight is 496 g/mol. The largest absolute Gasteiger partial charge is 0.496 e. The highest BCUT2D eigenvalue weighted by Gasteiger charge is 2.34. The molecule has 1 amide bonds. The molecule has 0 aliphatic carbocycles. The average Bonchev–Trinajstić information content (AvgIpc) is 3.24. The van der Waals surface area contributed by atoms with Crippen molar-refractivity contribution < 1.29 is 38.5 Å². The van der Waals surface area contributed by atoms with E-state index in [1.165, 1.54) is 7.11 Å². The zero-order chi connectivity index (χ0) is 26.2. The van der Waals surface area contributed by atoms with Crippen molar-refractivity contribution in [1.82, 2.24) is 5.32 Å². The molecule has 2 N–H and O–H groups in total. The van der Waals surface area contributed by atoms with Crippen molar-refractivity contribution in [3.05, 3.63) is 69.8 Å². The van der Waals surface area contributed by atoms with E-state index in [0.717, 1.165) is 11.1 Å². The monoisotopic (exact) mass is 495 g/mol. The van der Waals surface area contributed by atoms with Crippen LogP contribution in [0.2, 0.25) is 0 Å². The van der Waals surface area contributed by atoms with E-state index >= 15 is 0 Å². The van der Waals surface area contributed by atoms with Crippen molar-refractivity contribution in [3.63, 3.8) is 0 Å². The zero-order valence-corrected chi connectivity index (χ0v) is 20.5. The van der Waals surface area contributed by atoms with Crippen LogP contribution in [0.4, 0.5) is 0 Å². The maximum atomic E-state index is 12.7. The minimum absolute atomic E-state index is 0.00176. The van der Waals surface area contributed by atoms with E-state index in [1.54, 1.807) is 19.9 Å². The van der Waals surface area contributed by atoms with Crippen molar-refractivity contribution in [3.8, 4) is 11.5 Å². The first kappa shape index (κ1) is 26.5. The Kier molecular flexibility index (Phi) is 8.83. The van der Waals surface area contributed by atoms with E-state index in [-0.39, 0.29) is 37.3 Å². The second kappa shape index (κ2) is 12.0. The third-order valence-corrected chi connectivity index (χ3v) is 5.87. The lowest BCUT2D eigenvalue weighted by Gasteiger charge is -2.18. The number of allylic oxidation sites excluding steroid dienone is 2. The molecule has 0 spiro atoms. The summed E-state index contributed by atoms with van der Waals surface area (Å²) in [4.78, 5) is 48.5. The van der Waals surface area contributed by atoms with Crippen LogP contribution in [0.15, 0.2) is 42.0 Å². The Balaban J connectivity index is 1.85. The third kappa shape index (κ3) is 6.50. The molecule has 190 valence electrons. The van der Waals surface area contributed by atoms with Gasteiger partial charge in [0.1, 0.15) is 24.3 Å². The van der Waals surface area contributed by atoms with E-state index < -0.39 is 30.2 Å². The standard InChI is InChI=1S/C27H29NO8/c1-16(10-12-22(30)31)9-11-19-25(34-3)17(2)20-15-35-27(33)24(20)26(19)36-23(32)13-21(29)28-14-18-7-5-4-6-8-18/h4-9H,10-15H2,1-3H3,(H,28,29)(H,30,31)/b16-9+. The number of benzene rings is 2. The van der Waals surface area contributed by atoms with Crippen LogP contribution >= 0.6 is 0 Å². The normalized spacial score (nSPS) is 12.5. The molecule has 0 saturated carbocycles. The van der Waals surface area contributed by atoms with Crippen LogP contribution in [0.25, 0.3) is 0 Å². The van der Waals surface area contributed by atoms with Gasteiger partial charge < -0.3 is 24.6 Å². The highest BCUT2D eigenvalue weighted by molar-refractivity contribution is 6.00. The van der Waals surface area contributed by atoms with Gasteiger partial charge in [0.2, 0.25) is 5.91 Å². The second-order valence-electron chi connectivity index (χ2n) is 8.46. The molecule has 0 atom stereocenters. The van der Waals surface area contributed by atoms with Crippen LogP contribution < -0.4 is 14.8 Å². The fourth-order valence-corrected chi connectivity index (χ4v) is 3.94. The van der Waals surface area contributed by atoms with Crippen LogP contribution in [-0.2, 0) is 38.7 Å². The first-order valence-electron chi connectivity index (χ1n) is 11.5. The van der Waals surface area contributed by atoms with Crippen LogP contribution in [0.3, 0.4) is 0 Å². The summed E-state index contributed by atoms with van der Waals surface area (Å²) in [5.41, 5.74) is 3.53. The number of aliphatic carboxylic acids is 1. The summed E-state index contributed by atoms with van der Waals surface area (Å²) in [6, 6.07) is 9.26. The summed E-state index contributed by atoms with van der Waals surface area (Å²) in [6.07, 6.45) is 1.81. The Hall–Kier alpha value is -4.14. The molecule has 0 bridgehead atoms. The van der Waals surface area contributed by atoms with E-state index in [2.05, 4.69) is 5.32 Å². The molecule has 1 aliphatic rings. The lowest BCUT2D eigenvalue weighted by molar-refractivity contribution is -0.139. The van der Waals surface area contributed by atoms with Crippen molar-refractivity contribution in [2.45, 2.75) is 52.7 Å². The number of nitrogens with one attached hydrogen (secondary N) is 1. The number of cyclic esters (lactones) is 1. The number of carboxylic acids is 1. The van der Waals surface area contributed by atoms with Gasteiger partial charge in [-0.2, -0.15) is 0 Å². The Bertz CT molecular complexity index is 1200. The van der Waals surface area contributed by atoms with E-state index in [9.17, 15) is 19.2 Å². The first-order valence-corrected chi connectivity index (χ1v) is 11.5. The summed E-state index contributed by atoms with van der Waals surface area (Å²) >= 11 is 0. The summed E-state index contributed by atoms with van der Waals surface area (Å²) in [6.45, 7) is 3.87. The molecule has 3 rings (SSSR count). The molecule has 0 aromatic heterocycles. The lowest BCUT2D eigenvalue weighted by Crippen LogP contribution is -2.27. The molecule has 0 fully saturated rings. The van der Waals surface area contributed by atoms with Crippen molar-refractivity contribution in [2.75, 3.05) is 7.11 Å². The minimum atomic E-state index is -0.906. The maximum Gasteiger partial charge on any atom is 0.342 e. The molecular formula is C27H29NO8. The number of esters is 2. The van der Waals surface area contributed by atoms with E-state index in [1.807, 2.05) is 30.3 Å². The van der Waals surface area contributed by atoms with Gasteiger partial charge in [-0.25, -0.2) is 4.79 Å². The molecule has 2 aromatic rings. The zero-order valence-electron chi connectivity index (χ0n) is 20.5. The topological polar surface area (TPSA) is 128 Å². The van der Waals surface area contributed by atoms with E-state index in [0.29, 0.717) is 28.9 Å². The van der Waals surface area contributed by atoms with Gasteiger partial charge in [-0.05, 0) is 37.8 Å². The Labute approximate surface area is 209 Å². The van der Waals surface area contributed by atoms with Gasteiger partial charge >= 0.3 is 17.9 Å².